The number of nitriles is 1. The Balaban J connectivity index is 2.29. The maximum Gasteiger partial charge on any atom is 0.250 e. The lowest BCUT2D eigenvalue weighted by Gasteiger charge is -2.22. The molecule has 2 aromatic heterocycles. The second kappa shape index (κ2) is 5.02. The molecule has 0 radical (unpaired) electrons. The molecule has 1 N–H and O–H groups in total. The molecule has 0 aliphatic carbocycles. The third kappa shape index (κ3) is 3.01. The molecule has 19 heavy (non-hydrogen) atoms. The molecule has 0 amide bonds. The summed E-state index contributed by atoms with van der Waals surface area (Å²) in [7, 11) is -3.65. The van der Waals surface area contributed by atoms with Crippen molar-refractivity contribution in [1.82, 2.24) is 9.71 Å². The third-order valence-electron chi connectivity index (χ3n) is 2.31. The Morgan fingerprint density at radius 2 is 2.16 bits per heavy atom. The Morgan fingerprint density at radius 3 is 2.68 bits per heavy atom. The van der Waals surface area contributed by atoms with Crippen LogP contribution in [0, 0.1) is 11.3 Å². The monoisotopic (exact) mass is 313 g/mol. The molecular weight excluding hydrogens is 302 g/mol. The van der Waals surface area contributed by atoms with Gasteiger partial charge >= 0.3 is 0 Å². The van der Waals surface area contributed by atoms with Crippen molar-refractivity contribution in [2.24, 2.45) is 0 Å². The predicted octanol–water partition coefficient (Wildman–Crippen LogP) is 2.29. The van der Waals surface area contributed by atoms with Crippen LogP contribution < -0.4 is 4.72 Å². The average molecular weight is 313 g/mol. The van der Waals surface area contributed by atoms with E-state index in [4.69, 9.17) is 5.26 Å². The van der Waals surface area contributed by atoms with Crippen LogP contribution in [0.15, 0.2) is 27.9 Å². The molecular formula is C11H11N3O2S3. The smallest absolute Gasteiger partial charge is 0.248 e. The van der Waals surface area contributed by atoms with E-state index in [9.17, 15) is 8.42 Å². The standard InChI is InChI=1S/C11H11N3O2S3/c1-11(2,10-13-5-6-17-10)14-19(15,16)9-4-3-8(7-12)18-9/h3-6,14H,1-2H3. The first-order chi connectivity index (χ1) is 8.85. The van der Waals surface area contributed by atoms with Crippen molar-refractivity contribution in [1.29, 1.82) is 5.26 Å². The summed E-state index contributed by atoms with van der Waals surface area (Å²) in [5.41, 5.74) is -0.788. The molecule has 5 nitrogen and oxygen atoms in total. The lowest BCUT2D eigenvalue weighted by atomic mass is 10.1. The summed E-state index contributed by atoms with van der Waals surface area (Å²) >= 11 is 2.34. The molecule has 2 rings (SSSR count). The zero-order valence-electron chi connectivity index (χ0n) is 10.2. The van der Waals surface area contributed by atoms with Crippen LogP contribution in [0.2, 0.25) is 0 Å². The fourth-order valence-corrected chi connectivity index (χ4v) is 4.75. The topological polar surface area (TPSA) is 82.9 Å². The van der Waals surface area contributed by atoms with Crippen molar-refractivity contribution < 1.29 is 8.42 Å². The lowest BCUT2D eigenvalue weighted by Crippen LogP contribution is -2.40. The first-order valence-electron chi connectivity index (χ1n) is 5.29. The molecule has 0 atom stereocenters. The predicted molar refractivity (Wildman–Crippen MR) is 74.5 cm³/mol. The zero-order valence-corrected chi connectivity index (χ0v) is 12.7. The summed E-state index contributed by atoms with van der Waals surface area (Å²) in [6, 6.07) is 4.86. The molecule has 0 unspecified atom stereocenters. The minimum absolute atomic E-state index is 0.133. The number of thiophene rings is 1. The molecule has 0 aliphatic heterocycles. The van der Waals surface area contributed by atoms with Crippen molar-refractivity contribution in [3.05, 3.63) is 33.6 Å². The van der Waals surface area contributed by atoms with Gasteiger partial charge in [-0.25, -0.2) is 13.4 Å². The fraction of sp³-hybridized carbons (Fsp3) is 0.273. The maximum atomic E-state index is 12.2. The van der Waals surface area contributed by atoms with Gasteiger partial charge in [0.25, 0.3) is 10.0 Å². The molecule has 0 saturated carbocycles. The van der Waals surface area contributed by atoms with Gasteiger partial charge in [0.2, 0.25) is 0 Å². The number of rotatable bonds is 4. The first kappa shape index (κ1) is 14.1. The lowest BCUT2D eigenvalue weighted by molar-refractivity contribution is 0.471. The molecule has 100 valence electrons. The van der Waals surface area contributed by atoms with Crippen molar-refractivity contribution >= 4 is 32.7 Å². The van der Waals surface area contributed by atoms with Crippen LogP contribution in [0.25, 0.3) is 0 Å². The second-order valence-electron chi connectivity index (χ2n) is 4.30. The van der Waals surface area contributed by atoms with Crippen LogP contribution in [0.1, 0.15) is 23.7 Å². The molecule has 0 spiro atoms. The minimum atomic E-state index is -3.65. The van der Waals surface area contributed by atoms with E-state index in [1.165, 1.54) is 23.5 Å². The number of hydrogen-bond donors (Lipinski definition) is 1. The number of hydrogen-bond acceptors (Lipinski definition) is 6. The Kier molecular flexibility index (Phi) is 3.73. The minimum Gasteiger partial charge on any atom is -0.248 e. The number of nitrogens with one attached hydrogen (secondary N) is 1. The molecule has 2 aromatic rings. The van der Waals surface area contributed by atoms with Crippen molar-refractivity contribution in [2.45, 2.75) is 23.6 Å². The van der Waals surface area contributed by atoms with Gasteiger partial charge in [0.05, 0.1) is 5.54 Å². The molecule has 0 aromatic carbocycles. The number of sulfonamides is 1. The SMILES string of the molecule is CC(C)(NS(=O)(=O)c1ccc(C#N)s1)c1nccs1. The maximum absolute atomic E-state index is 12.2. The summed E-state index contributed by atoms with van der Waals surface area (Å²) in [6.07, 6.45) is 1.63. The average Bonchev–Trinajstić information content (AvgIpc) is 2.99. The van der Waals surface area contributed by atoms with Gasteiger partial charge in [0.1, 0.15) is 20.2 Å². The van der Waals surface area contributed by atoms with E-state index in [-0.39, 0.29) is 4.21 Å². The summed E-state index contributed by atoms with van der Waals surface area (Å²) in [5.74, 6) is 0. The Bertz CT molecular complexity index is 709. The second-order valence-corrected chi connectivity index (χ2v) is 8.19. The van der Waals surface area contributed by atoms with Crippen molar-refractivity contribution in [2.75, 3.05) is 0 Å². The number of aromatic nitrogens is 1. The van der Waals surface area contributed by atoms with E-state index in [0.717, 1.165) is 11.3 Å². The molecule has 0 fully saturated rings. The van der Waals surface area contributed by atoms with E-state index < -0.39 is 15.6 Å². The first-order valence-corrected chi connectivity index (χ1v) is 8.47. The summed E-state index contributed by atoms with van der Waals surface area (Å²) in [6.45, 7) is 3.50. The highest BCUT2D eigenvalue weighted by atomic mass is 32.2. The van der Waals surface area contributed by atoms with Crippen molar-refractivity contribution in [3.63, 3.8) is 0 Å². The fourth-order valence-electron chi connectivity index (χ4n) is 1.49. The van der Waals surface area contributed by atoms with Crippen molar-refractivity contribution in [3.8, 4) is 6.07 Å². The Hall–Kier alpha value is -1.27. The molecule has 0 bridgehead atoms. The third-order valence-corrected chi connectivity index (χ3v) is 6.55. The van der Waals surface area contributed by atoms with Crippen LogP contribution in [-0.4, -0.2) is 13.4 Å². The van der Waals surface area contributed by atoms with Gasteiger partial charge in [-0.15, -0.1) is 22.7 Å². The summed E-state index contributed by atoms with van der Waals surface area (Å²) < 4.78 is 27.2. The zero-order chi connectivity index (χ0) is 14.1. The van der Waals surface area contributed by atoms with Crippen LogP contribution in [0.3, 0.4) is 0 Å². The van der Waals surface area contributed by atoms with E-state index in [1.54, 1.807) is 25.4 Å². The van der Waals surface area contributed by atoms with Gasteiger partial charge in [0.15, 0.2) is 0 Å². The highest BCUT2D eigenvalue weighted by molar-refractivity contribution is 7.91. The molecule has 0 aliphatic rings. The van der Waals surface area contributed by atoms with Gasteiger partial charge in [0, 0.05) is 11.6 Å². The van der Waals surface area contributed by atoms with E-state index >= 15 is 0 Å². The van der Waals surface area contributed by atoms with E-state index in [2.05, 4.69) is 9.71 Å². The quantitative estimate of drug-likeness (QED) is 0.938. The molecule has 8 heteroatoms. The van der Waals surface area contributed by atoms with Gasteiger partial charge in [-0.2, -0.15) is 9.98 Å². The van der Waals surface area contributed by atoms with Gasteiger partial charge in [-0.05, 0) is 26.0 Å². The highest BCUT2D eigenvalue weighted by Gasteiger charge is 2.30. The summed E-state index contributed by atoms with van der Waals surface area (Å²) in [5, 5.41) is 11.2. The Morgan fingerprint density at radius 1 is 1.42 bits per heavy atom. The normalized spacial score (nSPS) is 12.3. The molecule has 0 saturated heterocycles. The van der Waals surface area contributed by atoms with Gasteiger partial charge in [-0.3, -0.25) is 0 Å². The number of thiazole rings is 1. The van der Waals surface area contributed by atoms with Crippen LogP contribution in [-0.2, 0) is 15.6 Å². The van der Waals surface area contributed by atoms with Gasteiger partial charge in [-0.1, -0.05) is 0 Å². The van der Waals surface area contributed by atoms with E-state index in [0.29, 0.717) is 9.88 Å². The summed E-state index contributed by atoms with van der Waals surface area (Å²) in [4.78, 5) is 4.50. The number of nitrogens with zero attached hydrogens (tertiary/aromatic N) is 2. The van der Waals surface area contributed by atoms with E-state index in [1.807, 2.05) is 6.07 Å². The molecule has 2 heterocycles. The largest absolute Gasteiger partial charge is 0.250 e. The van der Waals surface area contributed by atoms with Gasteiger partial charge < -0.3 is 0 Å². The van der Waals surface area contributed by atoms with Crippen LogP contribution in [0.5, 0.6) is 0 Å². The van der Waals surface area contributed by atoms with Crippen LogP contribution >= 0.6 is 22.7 Å². The highest BCUT2D eigenvalue weighted by Crippen LogP contribution is 2.27. The van der Waals surface area contributed by atoms with Crippen LogP contribution in [0.4, 0.5) is 0 Å². The Labute approximate surface area is 119 Å².